The molecule has 1 amide bonds. The molecule has 1 aliphatic heterocycles. The number of fused-ring (bicyclic) bond motifs is 1. The molecule has 0 fully saturated rings. The van der Waals surface area contributed by atoms with E-state index in [9.17, 15) is 31.5 Å². The second-order valence-electron chi connectivity index (χ2n) is 7.27. The number of halogens is 3. The summed E-state index contributed by atoms with van der Waals surface area (Å²) in [4.78, 5) is 12.3. The van der Waals surface area contributed by atoms with Crippen molar-refractivity contribution in [2.45, 2.75) is 29.6 Å². The zero-order chi connectivity index (χ0) is 24.8. The molecule has 0 saturated carbocycles. The molecule has 33 heavy (non-hydrogen) atoms. The number of carbonyl (C=O) groups excluding carboxylic acids is 1. The van der Waals surface area contributed by atoms with Crippen molar-refractivity contribution in [3.05, 3.63) is 41.2 Å². The van der Waals surface area contributed by atoms with Gasteiger partial charge >= 0.3 is 6.18 Å². The summed E-state index contributed by atoms with van der Waals surface area (Å²) < 4.78 is 73.7. The van der Waals surface area contributed by atoms with Crippen molar-refractivity contribution in [3.63, 3.8) is 0 Å². The Bertz CT molecular complexity index is 1320. The number of ether oxygens (including phenoxy) is 1. The van der Waals surface area contributed by atoms with E-state index < -0.39 is 51.0 Å². The van der Waals surface area contributed by atoms with Gasteiger partial charge < -0.3 is 19.7 Å². The molecule has 2 heterocycles. The van der Waals surface area contributed by atoms with E-state index in [-0.39, 0.29) is 11.4 Å². The summed E-state index contributed by atoms with van der Waals surface area (Å²) in [6.07, 6.45) is 0.471. The number of amides is 1. The van der Waals surface area contributed by atoms with Crippen LogP contribution in [0, 0.1) is 30.6 Å². The molecular weight excluding hydrogens is 465 g/mol. The number of nitrogens with zero attached hydrogens (tertiary/aromatic N) is 2. The quantitative estimate of drug-likeness (QED) is 0.567. The zero-order valence-electron chi connectivity index (χ0n) is 17.2. The first-order valence-electron chi connectivity index (χ1n) is 9.18. The number of anilines is 1. The van der Waals surface area contributed by atoms with Crippen molar-refractivity contribution in [2.24, 2.45) is 7.05 Å². The number of alkyl halides is 3. The second kappa shape index (κ2) is 8.12. The maximum Gasteiger partial charge on any atom is 0.430 e. The van der Waals surface area contributed by atoms with Gasteiger partial charge in [0, 0.05) is 18.9 Å². The van der Waals surface area contributed by atoms with E-state index in [1.807, 2.05) is 6.07 Å². The van der Waals surface area contributed by atoms with Crippen LogP contribution in [0.2, 0.25) is 0 Å². The molecule has 174 valence electrons. The number of terminal acetylenes is 1. The van der Waals surface area contributed by atoms with Crippen LogP contribution in [0.15, 0.2) is 29.3 Å². The molecule has 0 radical (unpaired) electrons. The first kappa shape index (κ1) is 24.1. The minimum absolute atomic E-state index is 0.225. The van der Waals surface area contributed by atoms with Crippen molar-refractivity contribution in [1.82, 2.24) is 9.29 Å². The lowest BCUT2D eigenvalue weighted by molar-refractivity contribution is -0.245. The Morgan fingerprint density at radius 1 is 1.42 bits per heavy atom. The summed E-state index contributed by atoms with van der Waals surface area (Å²) in [6, 6.07) is 4.19. The highest BCUT2D eigenvalue weighted by molar-refractivity contribution is 7.89. The number of carbonyl (C=O) groups is 1. The predicted octanol–water partition coefficient (Wildman–Crippen LogP) is 1.42. The van der Waals surface area contributed by atoms with Gasteiger partial charge in [-0.25, -0.2) is 13.1 Å². The van der Waals surface area contributed by atoms with Crippen molar-refractivity contribution < 1.29 is 36.2 Å². The Morgan fingerprint density at radius 2 is 2.09 bits per heavy atom. The van der Waals surface area contributed by atoms with E-state index >= 15 is 0 Å². The number of sulfonamides is 1. The maximum atomic E-state index is 13.4. The lowest BCUT2D eigenvalue weighted by atomic mass is 9.95. The Labute approximate surface area is 186 Å². The number of hydrogen-bond acceptors (Lipinski definition) is 6. The molecule has 0 aliphatic carbocycles. The summed E-state index contributed by atoms with van der Waals surface area (Å²) in [6.45, 7) is 0.682. The first-order valence-corrected chi connectivity index (χ1v) is 10.7. The number of hydrogen-bond donors (Lipinski definition) is 3. The van der Waals surface area contributed by atoms with Gasteiger partial charge in [0.05, 0.1) is 11.6 Å². The average Bonchev–Trinajstić information content (AvgIpc) is 3.01. The molecule has 0 saturated heterocycles. The van der Waals surface area contributed by atoms with Crippen LogP contribution in [-0.4, -0.2) is 48.4 Å². The number of rotatable bonds is 3. The van der Waals surface area contributed by atoms with Gasteiger partial charge in [0.1, 0.15) is 17.5 Å². The number of nitrogens with one attached hydrogen (secondary N) is 2. The predicted molar refractivity (Wildman–Crippen MR) is 109 cm³/mol. The molecule has 2 atom stereocenters. The van der Waals surface area contributed by atoms with Gasteiger partial charge in [-0.1, -0.05) is 12.0 Å². The fraction of sp³-hybridized carbons (Fsp3) is 0.300. The summed E-state index contributed by atoms with van der Waals surface area (Å²) in [5, 5.41) is 21.6. The summed E-state index contributed by atoms with van der Waals surface area (Å²) in [5.74, 6) is -0.177. The van der Waals surface area contributed by atoms with Crippen LogP contribution in [0.5, 0.6) is 5.75 Å². The highest BCUT2D eigenvalue weighted by Crippen LogP contribution is 2.38. The Balaban J connectivity index is 2.01. The lowest BCUT2D eigenvalue weighted by Crippen LogP contribution is -2.61. The molecule has 3 N–H and O–H groups in total. The minimum Gasteiger partial charge on any atom is -0.488 e. The number of aromatic nitrogens is 1. The molecule has 2 aromatic rings. The molecule has 1 aromatic carbocycles. The molecule has 1 aliphatic rings. The molecule has 0 spiro atoms. The topological polar surface area (TPSA) is 133 Å². The third-order valence-corrected chi connectivity index (χ3v) is 6.54. The number of nitriles is 1. The van der Waals surface area contributed by atoms with E-state index in [4.69, 9.17) is 16.4 Å². The van der Waals surface area contributed by atoms with Crippen molar-refractivity contribution in [3.8, 4) is 24.2 Å². The SMILES string of the molecule is C#C[C@@](O)([C@@H]1COc2c(cn(C)c2C(=O)Nc2ccc(C)c(C#N)c2)S(=O)(=O)N1)C(F)(F)F. The number of benzene rings is 1. The van der Waals surface area contributed by atoms with Gasteiger partial charge in [-0.3, -0.25) is 4.79 Å². The summed E-state index contributed by atoms with van der Waals surface area (Å²) in [7, 11) is -3.34. The Kier molecular flexibility index (Phi) is 5.93. The fourth-order valence-corrected chi connectivity index (χ4v) is 4.65. The fourth-order valence-electron chi connectivity index (χ4n) is 3.22. The Hall–Kier alpha value is -3.52. The van der Waals surface area contributed by atoms with Crippen LogP contribution >= 0.6 is 0 Å². The van der Waals surface area contributed by atoms with Crippen LogP contribution in [0.1, 0.15) is 21.6 Å². The van der Waals surface area contributed by atoms with Crippen LogP contribution in [0.3, 0.4) is 0 Å². The van der Waals surface area contributed by atoms with Gasteiger partial charge in [0.25, 0.3) is 5.91 Å². The molecule has 13 heteroatoms. The molecular formula is C20H17F3N4O5S. The summed E-state index contributed by atoms with van der Waals surface area (Å²) in [5.41, 5.74) is -2.98. The molecule has 3 rings (SSSR count). The van der Waals surface area contributed by atoms with E-state index in [2.05, 4.69) is 5.32 Å². The third-order valence-electron chi connectivity index (χ3n) is 5.07. The zero-order valence-corrected chi connectivity index (χ0v) is 18.0. The highest BCUT2D eigenvalue weighted by Gasteiger charge is 2.60. The van der Waals surface area contributed by atoms with Crippen LogP contribution in [-0.2, 0) is 17.1 Å². The van der Waals surface area contributed by atoms with Crippen LogP contribution in [0.4, 0.5) is 18.9 Å². The molecule has 0 unspecified atom stereocenters. The van der Waals surface area contributed by atoms with Gasteiger partial charge in [0.2, 0.25) is 15.6 Å². The largest absolute Gasteiger partial charge is 0.488 e. The number of aryl methyl sites for hydroxylation is 2. The average molecular weight is 482 g/mol. The number of aliphatic hydroxyl groups is 1. The first-order chi connectivity index (χ1) is 15.2. The monoisotopic (exact) mass is 482 g/mol. The lowest BCUT2D eigenvalue weighted by Gasteiger charge is -2.32. The van der Waals surface area contributed by atoms with Gasteiger partial charge in [-0.15, -0.1) is 6.42 Å². The van der Waals surface area contributed by atoms with E-state index in [0.717, 1.165) is 10.8 Å². The van der Waals surface area contributed by atoms with Crippen molar-refractivity contribution in [2.75, 3.05) is 11.9 Å². The Morgan fingerprint density at radius 3 is 2.67 bits per heavy atom. The normalized spacial score (nSPS) is 19.1. The minimum atomic E-state index is -5.37. The second-order valence-corrected chi connectivity index (χ2v) is 8.95. The standard InChI is InChI=1S/C20H17F3N4O5S/c1-4-19(29,20(21,22)23)15-10-32-17-14(33(30,31)26-15)9-27(3)16(17)18(28)25-13-6-5-11(2)12(7-13)8-24/h1,5-7,9,15,26,29H,10H2,2-3H3,(H,25,28)/t15-,19+/m0/s1. The van der Waals surface area contributed by atoms with E-state index in [1.165, 1.54) is 25.1 Å². The maximum absolute atomic E-state index is 13.4. The molecule has 9 nitrogen and oxygen atoms in total. The van der Waals surface area contributed by atoms with Crippen molar-refractivity contribution >= 4 is 21.6 Å². The van der Waals surface area contributed by atoms with E-state index in [1.54, 1.807) is 17.7 Å². The van der Waals surface area contributed by atoms with Crippen molar-refractivity contribution in [1.29, 1.82) is 5.26 Å². The summed E-state index contributed by atoms with van der Waals surface area (Å²) >= 11 is 0. The van der Waals surface area contributed by atoms with Crippen LogP contribution in [0.25, 0.3) is 0 Å². The van der Waals surface area contributed by atoms with E-state index in [0.29, 0.717) is 11.1 Å². The smallest absolute Gasteiger partial charge is 0.430 e. The van der Waals surface area contributed by atoms with Gasteiger partial charge in [-0.2, -0.15) is 18.4 Å². The van der Waals surface area contributed by atoms with Gasteiger partial charge in [-0.05, 0) is 24.6 Å². The highest BCUT2D eigenvalue weighted by atomic mass is 32.2. The molecule has 1 aromatic heterocycles. The third kappa shape index (κ3) is 4.14. The molecule has 0 bridgehead atoms. The van der Waals surface area contributed by atoms with Gasteiger partial charge in [0.15, 0.2) is 11.4 Å². The van der Waals surface area contributed by atoms with Crippen LogP contribution < -0.4 is 14.8 Å².